The predicted octanol–water partition coefficient (Wildman–Crippen LogP) is 2.35. The maximum absolute atomic E-state index is 11.6. The van der Waals surface area contributed by atoms with E-state index >= 15 is 0 Å². The molecule has 6 N–H and O–H groups in total. The molecule has 0 aromatic carbocycles. The van der Waals surface area contributed by atoms with E-state index in [9.17, 15) is 20.1 Å². The predicted molar refractivity (Wildman–Crippen MR) is 115 cm³/mol. The van der Waals surface area contributed by atoms with Crippen LogP contribution in [0, 0.1) is 46.3 Å². The molecule has 4 fully saturated rings. The molecule has 0 aromatic heterocycles. The average Bonchev–Trinajstić information content (AvgIpc) is 3.06. The molecule has 0 spiro atoms. The fraction of sp³-hybridized carbons (Fsp3) is 0.958. The highest BCUT2D eigenvalue weighted by Crippen LogP contribution is 2.68. The van der Waals surface area contributed by atoms with Crippen LogP contribution in [-0.4, -0.2) is 39.5 Å². The van der Waals surface area contributed by atoms with Gasteiger partial charge < -0.3 is 15.3 Å². The summed E-state index contributed by atoms with van der Waals surface area (Å²) in [6, 6.07) is 0. The molecule has 1 amide bonds. The van der Waals surface area contributed by atoms with E-state index in [4.69, 9.17) is 5.84 Å². The van der Waals surface area contributed by atoms with Gasteiger partial charge in [0.1, 0.15) is 0 Å². The zero-order valence-electron chi connectivity index (χ0n) is 18.9. The largest absolute Gasteiger partial charge is 0.393 e. The Labute approximate surface area is 181 Å². The summed E-state index contributed by atoms with van der Waals surface area (Å²) in [6.45, 7) is 6.82. The molecule has 11 atom stereocenters. The number of aliphatic hydroxyl groups excluding tert-OH is 3. The summed E-state index contributed by atoms with van der Waals surface area (Å²) in [7, 11) is 0. The zero-order chi connectivity index (χ0) is 21.8. The van der Waals surface area contributed by atoms with E-state index in [2.05, 4.69) is 26.2 Å². The molecular weight excluding hydrogens is 380 g/mol. The van der Waals surface area contributed by atoms with Gasteiger partial charge in [0.25, 0.3) is 0 Å². The number of hydrazine groups is 1. The van der Waals surface area contributed by atoms with Gasteiger partial charge in [0.05, 0.1) is 18.3 Å². The van der Waals surface area contributed by atoms with Crippen molar-refractivity contribution < 1.29 is 20.1 Å². The van der Waals surface area contributed by atoms with Crippen LogP contribution in [0.2, 0.25) is 0 Å². The second-order valence-corrected chi connectivity index (χ2v) is 11.6. The first kappa shape index (κ1) is 22.5. The molecule has 0 unspecified atom stereocenters. The third kappa shape index (κ3) is 3.33. The van der Waals surface area contributed by atoms with Gasteiger partial charge in [-0.1, -0.05) is 20.8 Å². The molecule has 172 valence electrons. The van der Waals surface area contributed by atoms with Crippen molar-refractivity contribution in [1.82, 2.24) is 5.43 Å². The van der Waals surface area contributed by atoms with Gasteiger partial charge in [-0.2, -0.15) is 0 Å². The lowest BCUT2D eigenvalue weighted by atomic mass is 9.43. The first-order valence-corrected chi connectivity index (χ1v) is 12.2. The van der Waals surface area contributed by atoms with Crippen LogP contribution >= 0.6 is 0 Å². The maximum atomic E-state index is 11.6. The molecule has 0 radical (unpaired) electrons. The van der Waals surface area contributed by atoms with E-state index in [1.54, 1.807) is 0 Å². The second kappa shape index (κ2) is 8.02. The van der Waals surface area contributed by atoms with Crippen LogP contribution in [0.25, 0.3) is 0 Å². The topological polar surface area (TPSA) is 116 Å². The molecule has 4 saturated carbocycles. The van der Waals surface area contributed by atoms with Crippen LogP contribution in [0.3, 0.4) is 0 Å². The van der Waals surface area contributed by atoms with Crippen molar-refractivity contribution in [3.63, 3.8) is 0 Å². The highest BCUT2D eigenvalue weighted by atomic mass is 16.3. The Morgan fingerprint density at radius 3 is 2.53 bits per heavy atom. The lowest BCUT2D eigenvalue weighted by Crippen LogP contribution is -2.62. The van der Waals surface area contributed by atoms with Gasteiger partial charge in [-0.15, -0.1) is 0 Å². The molecule has 0 aromatic rings. The molecule has 6 heteroatoms. The van der Waals surface area contributed by atoms with Crippen molar-refractivity contribution in [2.45, 2.75) is 96.9 Å². The first-order valence-electron chi connectivity index (χ1n) is 12.2. The Bertz CT molecular complexity index is 659. The van der Waals surface area contributed by atoms with Gasteiger partial charge in [0.15, 0.2) is 0 Å². The summed E-state index contributed by atoms with van der Waals surface area (Å²) in [5.41, 5.74) is 2.12. The molecule has 6 nitrogen and oxygen atoms in total. The number of rotatable bonds is 4. The van der Waals surface area contributed by atoms with E-state index in [0.29, 0.717) is 36.0 Å². The summed E-state index contributed by atoms with van der Waals surface area (Å²) in [4.78, 5) is 11.6. The van der Waals surface area contributed by atoms with Gasteiger partial charge in [0, 0.05) is 6.42 Å². The van der Waals surface area contributed by atoms with Gasteiger partial charge in [-0.05, 0) is 97.7 Å². The molecule has 0 saturated heterocycles. The maximum Gasteiger partial charge on any atom is 0.233 e. The minimum atomic E-state index is -0.378. The quantitative estimate of drug-likeness (QED) is 0.271. The standard InChI is InChI=1S/C24H42N2O4/c1-13(4-7-21(30)26-25)16-5-6-17-22-18(12-20(29)24(16,17)3)23(2)9-8-15(27)10-14(23)11-19(22)28/h13-20,22,27-29H,4-12,25H2,1-3H3,(H,26,30)/t13-,14-,15+,16-,17+,18+,19-,20-,22+,23+,24-/m1/s1. The smallest absolute Gasteiger partial charge is 0.233 e. The van der Waals surface area contributed by atoms with Crippen LogP contribution in [-0.2, 0) is 4.79 Å². The molecule has 4 aliphatic carbocycles. The molecule has 0 heterocycles. The van der Waals surface area contributed by atoms with Crippen molar-refractivity contribution in [3.05, 3.63) is 0 Å². The highest BCUT2D eigenvalue weighted by molar-refractivity contribution is 5.75. The summed E-state index contributed by atoms with van der Waals surface area (Å²) in [5, 5.41) is 33.1. The lowest BCUT2D eigenvalue weighted by Gasteiger charge is -2.63. The highest BCUT2D eigenvalue weighted by Gasteiger charge is 2.65. The normalized spacial score (nSPS) is 51.4. The number of hydrogen-bond donors (Lipinski definition) is 5. The van der Waals surface area contributed by atoms with Gasteiger partial charge in [-0.25, -0.2) is 5.84 Å². The summed E-state index contributed by atoms with van der Waals surface area (Å²) >= 11 is 0. The van der Waals surface area contributed by atoms with Crippen molar-refractivity contribution in [3.8, 4) is 0 Å². The zero-order valence-corrected chi connectivity index (χ0v) is 18.9. The number of hydrogen-bond acceptors (Lipinski definition) is 5. The number of nitrogens with one attached hydrogen (secondary N) is 1. The second-order valence-electron chi connectivity index (χ2n) is 11.6. The Hall–Kier alpha value is -0.690. The monoisotopic (exact) mass is 422 g/mol. The Morgan fingerprint density at radius 2 is 1.83 bits per heavy atom. The number of fused-ring (bicyclic) bond motifs is 5. The number of carbonyl (C=O) groups excluding carboxylic acids is 1. The van der Waals surface area contributed by atoms with Crippen LogP contribution in [0.15, 0.2) is 0 Å². The number of carbonyl (C=O) groups is 1. The van der Waals surface area contributed by atoms with Gasteiger partial charge in [-0.3, -0.25) is 10.2 Å². The average molecular weight is 423 g/mol. The first-order chi connectivity index (χ1) is 14.1. The van der Waals surface area contributed by atoms with Crippen molar-refractivity contribution in [2.75, 3.05) is 0 Å². The third-order valence-corrected chi connectivity index (χ3v) is 10.5. The van der Waals surface area contributed by atoms with E-state index in [1.807, 2.05) is 0 Å². The van der Waals surface area contributed by atoms with Crippen LogP contribution in [0.4, 0.5) is 0 Å². The van der Waals surface area contributed by atoms with Crippen molar-refractivity contribution in [1.29, 1.82) is 0 Å². The van der Waals surface area contributed by atoms with Gasteiger partial charge >= 0.3 is 0 Å². The fourth-order valence-electron chi connectivity index (χ4n) is 8.76. The van der Waals surface area contributed by atoms with Crippen LogP contribution < -0.4 is 11.3 Å². The number of aliphatic hydroxyl groups is 3. The third-order valence-electron chi connectivity index (χ3n) is 10.5. The Morgan fingerprint density at radius 1 is 1.10 bits per heavy atom. The lowest BCUT2D eigenvalue weighted by molar-refractivity contribution is -0.207. The molecule has 4 aliphatic rings. The summed E-state index contributed by atoms with van der Waals surface area (Å²) in [6.07, 6.45) is 6.50. The molecule has 4 rings (SSSR count). The van der Waals surface area contributed by atoms with Crippen molar-refractivity contribution in [2.24, 2.45) is 52.2 Å². The van der Waals surface area contributed by atoms with E-state index < -0.39 is 0 Å². The molecule has 0 aliphatic heterocycles. The van der Waals surface area contributed by atoms with E-state index in [1.165, 1.54) is 0 Å². The van der Waals surface area contributed by atoms with Gasteiger partial charge in [0.2, 0.25) is 5.91 Å². The Kier molecular flexibility index (Phi) is 6.02. The Balaban J connectivity index is 1.58. The molecule has 0 bridgehead atoms. The summed E-state index contributed by atoms with van der Waals surface area (Å²) < 4.78 is 0. The van der Waals surface area contributed by atoms with E-state index in [-0.39, 0.29) is 41.0 Å². The summed E-state index contributed by atoms with van der Waals surface area (Å²) in [5.74, 6) is 7.03. The fourth-order valence-corrected chi connectivity index (χ4v) is 8.76. The SMILES string of the molecule is C[C@H](CCC(=O)NN)[C@H]1CC[C@H]2[C@@H]3[C@H](O)C[C@H]4C[C@@H](O)CC[C@]4(C)[C@H]3C[C@@H](O)[C@]12C. The van der Waals surface area contributed by atoms with Crippen LogP contribution in [0.5, 0.6) is 0 Å². The van der Waals surface area contributed by atoms with E-state index in [0.717, 1.165) is 51.4 Å². The molecular formula is C24H42N2O4. The molecule has 30 heavy (non-hydrogen) atoms. The minimum Gasteiger partial charge on any atom is -0.393 e. The number of amides is 1. The van der Waals surface area contributed by atoms with Crippen LogP contribution in [0.1, 0.15) is 78.6 Å². The minimum absolute atomic E-state index is 0.106. The number of nitrogens with two attached hydrogens (primary N) is 1. The van der Waals surface area contributed by atoms with Crippen molar-refractivity contribution >= 4 is 5.91 Å².